The first kappa shape index (κ1) is 15.4. The minimum Gasteiger partial charge on any atom is -0.383 e. The molecule has 1 aliphatic heterocycles. The predicted molar refractivity (Wildman–Crippen MR) is 84.2 cm³/mol. The Hall–Kier alpha value is -1.01. The zero-order valence-corrected chi connectivity index (χ0v) is 12.9. The van der Waals surface area contributed by atoms with Gasteiger partial charge < -0.3 is 15.8 Å². The number of anilines is 2. The number of ether oxygens (including phenoxy) is 1. The van der Waals surface area contributed by atoms with Gasteiger partial charge in [-0.25, -0.2) is 9.97 Å². The molecule has 1 aromatic heterocycles. The van der Waals surface area contributed by atoms with Gasteiger partial charge in [0.2, 0.25) is 0 Å². The highest BCUT2D eigenvalue weighted by Gasteiger charge is 2.13. The Labute approximate surface area is 125 Å². The maximum absolute atomic E-state index is 5.84. The van der Waals surface area contributed by atoms with Crippen molar-refractivity contribution in [2.45, 2.75) is 50.3 Å². The van der Waals surface area contributed by atoms with Gasteiger partial charge in [-0.15, -0.1) is 0 Å². The molecule has 0 saturated carbocycles. The summed E-state index contributed by atoms with van der Waals surface area (Å²) in [4.78, 5) is 8.75. The second-order valence-electron chi connectivity index (χ2n) is 5.03. The normalized spacial score (nSPS) is 18.9. The molecule has 0 unspecified atom stereocenters. The third-order valence-electron chi connectivity index (χ3n) is 3.24. The van der Waals surface area contributed by atoms with Gasteiger partial charge in [0, 0.05) is 25.0 Å². The molecule has 0 radical (unpaired) electrons. The molecule has 0 aromatic carbocycles. The van der Waals surface area contributed by atoms with Crippen LogP contribution in [0.2, 0.25) is 0 Å². The molecular formula is C14H24N4OS. The molecule has 0 aliphatic carbocycles. The van der Waals surface area contributed by atoms with Crippen LogP contribution in [0.3, 0.4) is 0 Å². The number of nitrogens with one attached hydrogen (secondary N) is 1. The van der Waals surface area contributed by atoms with Gasteiger partial charge >= 0.3 is 0 Å². The molecule has 1 aromatic rings. The first-order valence-corrected chi connectivity index (χ1v) is 8.39. The largest absolute Gasteiger partial charge is 0.383 e. The third kappa shape index (κ3) is 5.17. The summed E-state index contributed by atoms with van der Waals surface area (Å²) in [6.45, 7) is 3.84. The summed E-state index contributed by atoms with van der Waals surface area (Å²) in [5.74, 6) is 2.35. The summed E-state index contributed by atoms with van der Waals surface area (Å²) in [6.07, 6.45) is 6.18. The van der Waals surface area contributed by atoms with E-state index in [4.69, 9.17) is 10.5 Å². The summed E-state index contributed by atoms with van der Waals surface area (Å²) < 4.78 is 5.70. The fourth-order valence-electron chi connectivity index (χ4n) is 2.09. The standard InChI is InChI=1S/C14H24N4OS/c1-2-3-8-20-14-17-12(15)9-13(18-14)16-10-11-6-4-5-7-19-11/h9,11H,2-8,10H2,1H3,(H3,15,16,17,18)/t11-/m0/s1. The van der Waals surface area contributed by atoms with E-state index >= 15 is 0 Å². The summed E-state index contributed by atoms with van der Waals surface area (Å²) in [5, 5.41) is 4.07. The lowest BCUT2D eigenvalue weighted by atomic mass is 10.1. The first-order valence-electron chi connectivity index (χ1n) is 7.40. The molecular weight excluding hydrogens is 272 g/mol. The van der Waals surface area contributed by atoms with Gasteiger partial charge in [0.15, 0.2) is 5.16 Å². The number of nitrogen functional groups attached to an aromatic ring is 1. The minimum absolute atomic E-state index is 0.288. The summed E-state index contributed by atoms with van der Waals surface area (Å²) >= 11 is 1.66. The molecule has 1 atom stereocenters. The van der Waals surface area contributed by atoms with Crippen molar-refractivity contribution in [3.63, 3.8) is 0 Å². The van der Waals surface area contributed by atoms with Gasteiger partial charge in [-0.3, -0.25) is 0 Å². The molecule has 2 rings (SSSR count). The van der Waals surface area contributed by atoms with Gasteiger partial charge in [0.1, 0.15) is 11.6 Å². The van der Waals surface area contributed by atoms with Crippen molar-refractivity contribution in [3.05, 3.63) is 6.07 Å². The zero-order chi connectivity index (χ0) is 14.2. The van der Waals surface area contributed by atoms with E-state index < -0.39 is 0 Å². The quantitative estimate of drug-likeness (QED) is 0.458. The van der Waals surface area contributed by atoms with Crippen molar-refractivity contribution < 1.29 is 4.74 Å². The predicted octanol–water partition coefficient (Wildman–Crippen LogP) is 2.93. The molecule has 0 spiro atoms. The lowest BCUT2D eigenvalue weighted by Crippen LogP contribution is -2.27. The Morgan fingerprint density at radius 1 is 1.45 bits per heavy atom. The van der Waals surface area contributed by atoms with Crippen molar-refractivity contribution in [2.75, 3.05) is 30.0 Å². The van der Waals surface area contributed by atoms with Crippen LogP contribution in [-0.2, 0) is 4.74 Å². The number of hydrogen-bond donors (Lipinski definition) is 2. The molecule has 6 heteroatoms. The summed E-state index contributed by atoms with van der Waals surface area (Å²) in [6, 6.07) is 1.78. The van der Waals surface area contributed by atoms with E-state index in [0.29, 0.717) is 5.82 Å². The van der Waals surface area contributed by atoms with Crippen LogP contribution in [-0.4, -0.2) is 35.0 Å². The molecule has 20 heavy (non-hydrogen) atoms. The third-order valence-corrected chi connectivity index (χ3v) is 4.17. The van der Waals surface area contributed by atoms with Crippen LogP contribution < -0.4 is 11.1 Å². The maximum Gasteiger partial charge on any atom is 0.191 e. The summed E-state index contributed by atoms with van der Waals surface area (Å²) in [7, 11) is 0. The summed E-state index contributed by atoms with van der Waals surface area (Å²) in [5.41, 5.74) is 5.84. The smallest absolute Gasteiger partial charge is 0.191 e. The van der Waals surface area contributed by atoms with Gasteiger partial charge in [-0.05, 0) is 25.7 Å². The Bertz CT molecular complexity index is 410. The van der Waals surface area contributed by atoms with E-state index in [1.807, 2.05) is 0 Å². The van der Waals surface area contributed by atoms with Gasteiger partial charge in [0.05, 0.1) is 6.10 Å². The molecule has 1 fully saturated rings. The Kier molecular flexibility index (Phi) is 6.39. The second-order valence-corrected chi connectivity index (χ2v) is 6.09. The monoisotopic (exact) mass is 296 g/mol. The van der Waals surface area contributed by atoms with E-state index in [-0.39, 0.29) is 6.10 Å². The Morgan fingerprint density at radius 3 is 3.10 bits per heavy atom. The SMILES string of the molecule is CCCCSc1nc(N)cc(NC[C@@H]2CCCCO2)n1. The molecule has 2 heterocycles. The number of unbranched alkanes of at least 4 members (excludes halogenated alkanes) is 1. The number of nitrogens with two attached hydrogens (primary N) is 1. The number of aromatic nitrogens is 2. The Morgan fingerprint density at radius 2 is 2.35 bits per heavy atom. The fraction of sp³-hybridized carbons (Fsp3) is 0.714. The van der Waals surface area contributed by atoms with Crippen LogP contribution in [0.25, 0.3) is 0 Å². The van der Waals surface area contributed by atoms with Crippen molar-refractivity contribution >= 4 is 23.4 Å². The average molecular weight is 296 g/mol. The van der Waals surface area contributed by atoms with E-state index in [0.717, 1.165) is 36.3 Å². The van der Waals surface area contributed by atoms with E-state index in [2.05, 4.69) is 22.2 Å². The van der Waals surface area contributed by atoms with Crippen LogP contribution in [0, 0.1) is 0 Å². The molecule has 1 saturated heterocycles. The van der Waals surface area contributed by atoms with Crippen LogP contribution in [0.15, 0.2) is 11.2 Å². The highest BCUT2D eigenvalue weighted by atomic mass is 32.2. The van der Waals surface area contributed by atoms with E-state index in [1.165, 1.54) is 25.7 Å². The molecule has 1 aliphatic rings. The number of hydrogen-bond acceptors (Lipinski definition) is 6. The topological polar surface area (TPSA) is 73.1 Å². The highest BCUT2D eigenvalue weighted by Crippen LogP contribution is 2.20. The molecule has 3 N–H and O–H groups in total. The van der Waals surface area contributed by atoms with Crippen molar-refractivity contribution in [1.82, 2.24) is 9.97 Å². The van der Waals surface area contributed by atoms with Crippen molar-refractivity contribution in [1.29, 1.82) is 0 Å². The van der Waals surface area contributed by atoms with Gasteiger partial charge in [-0.2, -0.15) is 0 Å². The number of rotatable bonds is 7. The van der Waals surface area contributed by atoms with Crippen molar-refractivity contribution in [2.24, 2.45) is 0 Å². The minimum atomic E-state index is 0.288. The zero-order valence-electron chi connectivity index (χ0n) is 12.1. The number of nitrogens with zero attached hydrogens (tertiary/aromatic N) is 2. The Balaban J connectivity index is 1.86. The molecule has 0 bridgehead atoms. The average Bonchev–Trinajstić information content (AvgIpc) is 2.46. The van der Waals surface area contributed by atoms with Gasteiger partial charge in [-0.1, -0.05) is 25.1 Å². The van der Waals surface area contributed by atoms with Crippen LogP contribution in [0.1, 0.15) is 39.0 Å². The van der Waals surface area contributed by atoms with Gasteiger partial charge in [0.25, 0.3) is 0 Å². The fourth-order valence-corrected chi connectivity index (χ4v) is 3.04. The second kappa shape index (κ2) is 8.32. The van der Waals surface area contributed by atoms with E-state index in [1.54, 1.807) is 17.8 Å². The number of thioether (sulfide) groups is 1. The first-order chi connectivity index (χ1) is 9.78. The maximum atomic E-state index is 5.84. The molecule has 5 nitrogen and oxygen atoms in total. The van der Waals surface area contributed by atoms with Crippen LogP contribution >= 0.6 is 11.8 Å². The molecule has 112 valence electrons. The lowest BCUT2D eigenvalue weighted by molar-refractivity contribution is 0.0247. The van der Waals surface area contributed by atoms with E-state index in [9.17, 15) is 0 Å². The lowest BCUT2D eigenvalue weighted by Gasteiger charge is -2.23. The van der Waals surface area contributed by atoms with Crippen molar-refractivity contribution in [3.8, 4) is 0 Å². The van der Waals surface area contributed by atoms with Crippen LogP contribution in [0.5, 0.6) is 0 Å². The van der Waals surface area contributed by atoms with Crippen LogP contribution in [0.4, 0.5) is 11.6 Å². The highest BCUT2D eigenvalue weighted by molar-refractivity contribution is 7.99. The molecule has 0 amide bonds.